The first kappa shape index (κ1) is 28.5. The van der Waals surface area contributed by atoms with Crippen LogP contribution in [0.15, 0.2) is 48.5 Å². The van der Waals surface area contributed by atoms with Crippen molar-refractivity contribution in [3.8, 4) is 11.1 Å². The highest BCUT2D eigenvalue weighted by atomic mass is 127. The van der Waals surface area contributed by atoms with Crippen molar-refractivity contribution in [3.05, 3.63) is 85.5 Å². The van der Waals surface area contributed by atoms with Crippen LogP contribution in [0.5, 0.6) is 0 Å². The van der Waals surface area contributed by atoms with Crippen molar-refractivity contribution in [2.24, 2.45) is 0 Å². The molecule has 1 fully saturated rings. The lowest BCUT2D eigenvalue weighted by atomic mass is 9.95. The van der Waals surface area contributed by atoms with Crippen LogP contribution in [0.1, 0.15) is 64.9 Å². The molecule has 2 aliphatic rings. The minimum Gasteiger partial charge on any atom is -0.456 e. The zero-order chi connectivity index (χ0) is 28.8. The maximum Gasteiger partial charge on any atom is 0.409 e. The SMILES string of the molecule is Cc1c(I)c(C)c(N2CCN(C(=O)OCC3c4ccccc4-c4ccccc43)CC2)c(C)c1C(=O)OC(C)(C)C. The molecular formula is C33H37IN2O4. The molecule has 1 heterocycles. The van der Waals surface area contributed by atoms with Gasteiger partial charge in [0.25, 0.3) is 0 Å². The van der Waals surface area contributed by atoms with E-state index in [1.54, 1.807) is 4.90 Å². The normalized spacial score (nSPS) is 15.1. The van der Waals surface area contributed by atoms with E-state index in [0.717, 1.165) is 25.9 Å². The molecule has 1 aliphatic heterocycles. The van der Waals surface area contributed by atoms with Crippen LogP contribution in [0, 0.1) is 24.3 Å². The first-order valence-electron chi connectivity index (χ1n) is 13.9. The summed E-state index contributed by atoms with van der Waals surface area (Å²) in [6.07, 6.45) is -0.275. The number of amides is 1. The number of hydrogen-bond donors (Lipinski definition) is 0. The Kier molecular flexibility index (Phi) is 7.88. The zero-order valence-electron chi connectivity index (χ0n) is 24.1. The zero-order valence-corrected chi connectivity index (χ0v) is 26.3. The number of benzene rings is 3. The monoisotopic (exact) mass is 652 g/mol. The Balaban J connectivity index is 1.27. The van der Waals surface area contributed by atoms with E-state index in [4.69, 9.17) is 9.47 Å². The van der Waals surface area contributed by atoms with Gasteiger partial charge in [-0.15, -0.1) is 0 Å². The first-order valence-corrected chi connectivity index (χ1v) is 14.9. The predicted octanol–water partition coefficient (Wildman–Crippen LogP) is 7.24. The number of fused-ring (bicyclic) bond motifs is 3. The molecule has 0 spiro atoms. The fourth-order valence-electron chi connectivity index (χ4n) is 6.08. The van der Waals surface area contributed by atoms with E-state index in [0.29, 0.717) is 38.3 Å². The molecular weight excluding hydrogens is 615 g/mol. The lowest BCUT2D eigenvalue weighted by Crippen LogP contribution is -2.49. The van der Waals surface area contributed by atoms with E-state index < -0.39 is 5.60 Å². The van der Waals surface area contributed by atoms with E-state index in [1.165, 1.54) is 22.3 Å². The van der Waals surface area contributed by atoms with E-state index in [-0.39, 0.29) is 18.0 Å². The van der Waals surface area contributed by atoms with Crippen molar-refractivity contribution in [1.29, 1.82) is 0 Å². The Morgan fingerprint density at radius 1 is 0.850 bits per heavy atom. The molecule has 6 nitrogen and oxygen atoms in total. The number of piperazine rings is 1. The maximum atomic E-state index is 13.2. The van der Waals surface area contributed by atoms with Gasteiger partial charge >= 0.3 is 12.1 Å². The van der Waals surface area contributed by atoms with Crippen molar-refractivity contribution in [2.75, 3.05) is 37.7 Å². The summed E-state index contributed by atoms with van der Waals surface area (Å²) in [4.78, 5) is 30.4. The number of carbonyl (C=O) groups excluding carboxylic acids is 2. The lowest BCUT2D eigenvalue weighted by Gasteiger charge is -2.38. The molecule has 0 unspecified atom stereocenters. The van der Waals surface area contributed by atoms with Crippen molar-refractivity contribution >= 4 is 40.3 Å². The van der Waals surface area contributed by atoms with Gasteiger partial charge in [0.2, 0.25) is 0 Å². The summed E-state index contributed by atoms with van der Waals surface area (Å²) in [6.45, 7) is 14.5. The Hall–Kier alpha value is -3.07. The highest BCUT2D eigenvalue weighted by Gasteiger charge is 2.32. The molecule has 0 aromatic heterocycles. The van der Waals surface area contributed by atoms with Gasteiger partial charge in [-0.1, -0.05) is 48.5 Å². The third-order valence-corrected chi connectivity index (χ3v) is 9.53. The van der Waals surface area contributed by atoms with Gasteiger partial charge in [0.15, 0.2) is 0 Å². The van der Waals surface area contributed by atoms with Crippen LogP contribution < -0.4 is 4.90 Å². The lowest BCUT2D eigenvalue weighted by molar-refractivity contribution is 0.00678. The number of nitrogens with zero attached hydrogens (tertiary/aromatic N) is 2. The Morgan fingerprint density at radius 3 is 1.95 bits per heavy atom. The summed E-state index contributed by atoms with van der Waals surface area (Å²) >= 11 is 2.33. The number of carbonyl (C=O) groups is 2. The molecule has 3 aromatic rings. The fraction of sp³-hybridized carbons (Fsp3) is 0.394. The first-order chi connectivity index (χ1) is 19.0. The molecule has 0 radical (unpaired) electrons. The summed E-state index contributed by atoms with van der Waals surface area (Å²) in [5.41, 5.74) is 9.02. The van der Waals surface area contributed by atoms with Crippen LogP contribution in [-0.4, -0.2) is 55.3 Å². The average Bonchev–Trinajstić information content (AvgIpc) is 3.23. The van der Waals surface area contributed by atoms with Crippen molar-refractivity contribution in [3.63, 3.8) is 0 Å². The molecule has 40 heavy (non-hydrogen) atoms. The number of halogens is 1. The van der Waals surface area contributed by atoms with Crippen LogP contribution in [0.2, 0.25) is 0 Å². The number of anilines is 1. The van der Waals surface area contributed by atoms with Crippen LogP contribution in [0.4, 0.5) is 10.5 Å². The molecule has 5 rings (SSSR count). The van der Waals surface area contributed by atoms with Gasteiger partial charge < -0.3 is 19.3 Å². The molecule has 0 saturated carbocycles. The number of hydrogen-bond acceptors (Lipinski definition) is 5. The quantitative estimate of drug-likeness (QED) is 0.220. The summed E-state index contributed by atoms with van der Waals surface area (Å²) in [6, 6.07) is 16.7. The van der Waals surface area contributed by atoms with Gasteiger partial charge in [-0.3, -0.25) is 0 Å². The third-order valence-electron chi connectivity index (χ3n) is 7.91. The van der Waals surface area contributed by atoms with Crippen LogP contribution >= 0.6 is 22.6 Å². The minimum absolute atomic E-state index is 0.0452. The molecule has 210 valence electrons. The number of ether oxygens (including phenoxy) is 2. The second kappa shape index (κ2) is 11.1. The van der Waals surface area contributed by atoms with Gasteiger partial charge in [-0.2, -0.15) is 0 Å². The molecule has 1 aliphatic carbocycles. The van der Waals surface area contributed by atoms with Crippen LogP contribution in [-0.2, 0) is 9.47 Å². The highest BCUT2D eigenvalue weighted by molar-refractivity contribution is 14.1. The largest absolute Gasteiger partial charge is 0.456 e. The summed E-state index contributed by atoms with van der Waals surface area (Å²) < 4.78 is 12.7. The minimum atomic E-state index is -0.568. The molecule has 7 heteroatoms. The highest BCUT2D eigenvalue weighted by Crippen LogP contribution is 2.44. The van der Waals surface area contributed by atoms with Crippen molar-refractivity contribution in [2.45, 2.75) is 53.1 Å². The van der Waals surface area contributed by atoms with Crippen LogP contribution in [0.3, 0.4) is 0 Å². The molecule has 3 aromatic carbocycles. The fourth-order valence-corrected chi connectivity index (χ4v) is 6.61. The Labute approximate surface area is 250 Å². The van der Waals surface area contributed by atoms with Gasteiger partial charge in [0.1, 0.15) is 12.2 Å². The summed E-state index contributed by atoms with van der Waals surface area (Å²) in [5, 5.41) is 0. The molecule has 1 amide bonds. The smallest absolute Gasteiger partial charge is 0.409 e. The average molecular weight is 653 g/mol. The van der Waals surface area contributed by atoms with Crippen LogP contribution in [0.25, 0.3) is 11.1 Å². The van der Waals surface area contributed by atoms with Gasteiger partial charge in [-0.25, -0.2) is 9.59 Å². The second-order valence-corrected chi connectivity index (χ2v) is 12.8. The standard InChI is InChI=1S/C33H37IN2O4/c1-20-28(31(37)40-33(4,5)6)21(2)30(22(3)29(20)34)35-15-17-36(18-16-35)32(38)39-19-27-25-13-9-7-11-23(25)24-12-8-10-14-26(24)27/h7-14,27H,15-19H2,1-6H3. The third kappa shape index (κ3) is 5.32. The number of esters is 1. The van der Waals surface area contributed by atoms with E-state index in [1.807, 2.05) is 46.8 Å². The molecule has 0 bridgehead atoms. The predicted molar refractivity (Wildman–Crippen MR) is 167 cm³/mol. The van der Waals surface area contributed by atoms with Crippen molar-refractivity contribution < 1.29 is 19.1 Å². The van der Waals surface area contributed by atoms with Gasteiger partial charge in [0, 0.05) is 41.4 Å². The molecule has 0 N–H and O–H groups in total. The number of rotatable bonds is 4. The Bertz CT molecular complexity index is 1420. The van der Waals surface area contributed by atoms with E-state index in [9.17, 15) is 9.59 Å². The molecule has 1 saturated heterocycles. The second-order valence-electron chi connectivity index (χ2n) is 11.7. The Morgan fingerprint density at radius 2 is 1.40 bits per heavy atom. The topological polar surface area (TPSA) is 59.1 Å². The van der Waals surface area contributed by atoms with Gasteiger partial charge in [0.05, 0.1) is 5.56 Å². The molecule has 0 atom stereocenters. The van der Waals surface area contributed by atoms with E-state index >= 15 is 0 Å². The van der Waals surface area contributed by atoms with Crippen molar-refractivity contribution in [1.82, 2.24) is 4.90 Å². The van der Waals surface area contributed by atoms with E-state index in [2.05, 4.69) is 70.8 Å². The van der Waals surface area contributed by atoms with Gasteiger partial charge in [-0.05, 0) is 103 Å². The summed E-state index contributed by atoms with van der Waals surface area (Å²) in [7, 11) is 0. The maximum absolute atomic E-state index is 13.2. The summed E-state index contributed by atoms with van der Waals surface area (Å²) in [5.74, 6) is -0.247.